The van der Waals surface area contributed by atoms with E-state index in [1.54, 1.807) is 9.58 Å². The average Bonchev–Trinajstić information content (AvgIpc) is 2.87. The average molecular weight is 344 g/mol. The van der Waals surface area contributed by atoms with Gasteiger partial charge in [0, 0.05) is 19.5 Å². The Kier molecular flexibility index (Phi) is 4.97. The molecule has 1 atom stereocenters. The number of hydrogen-bond donors (Lipinski definition) is 1. The zero-order valence-corrected chi connectivity index (χ0v) is 14.0. The molecule has 0 radical (unpaired) electrons. The highest BCUT2D eigenvalue weighted by molar-refractivity contribution is 5.82. The number of aryl methyl sites for hydroxylation is 1. The fraction of sp³-hybridized carbons (Fsp3) is 0.412. The highest BCUT2D eigenvalue weighted by Gasteiger charge is 2.25. The quantitative estimate of drug-likeness (QED) is 0.910. The normalized spacial score (nSPS) is 15.2. The van der Waals surface area contributed by atoms with Crippen LogP contribution in [0.5, 0.6) is 0 Å². The molecule has 0 saturated carbocycles. The Bertz CT molecular complexity index is 759. The number of rotatable bonds is 4. The van der Waals surface area contributed by atoms with Crippen LogP contribution in [0.1, 0.15) is 35.4 Å². The molecule has 1 aliphatic heterocycles. The van der Waals surface area contributed by atoms with Crippen LogP contribution in [0.3, 0.4) is 0 Å². The third kappa shape index (κ3) is 4.14. The van der Waals surface area contributed by atoms with Gasteiger partial charge in [-0.05, 0) is 18.9 Å². The van der Waals surface area contributed by atoms with Crippen LogP contribution in [0.4, 0.5) is 4.79 Å². The lowest BCUT2D eigenvalue weighted by Gasteiger charge is -2.22. The number of ether oxygens (including phenoxy) is 1. The van der Waals surface area contributed by atoms with Crippen LogP contribution in [0.25, 0.3) is 0 Å². The maximum absolute atomic E-state index is 12.4. The van der Waals surface area contributed by atoms with Crippen molar-refractivity contribution in [2.24, 2.45) is 0 Å². The van der Waals surface area contributed by atoms with Crippen molar-refractivity contribution in [2.75, 3.05) is 6.54 Å². The summed E-state index contributed by atoms with van der Waals surface area (Å²) in [6.07, 6.45) is 0.625. The number of carboxylic acid groups (broad SMARTS) is 1. The van der Waals surface area contributed by atoms with Gasteiger partial charge < -0.3 is 14.7 Å². The molecule has 3 rings (SSSR count). The van der Waals surface area contributed by atoms with Crippen LogP contribution >= 0.6 is 0 Å². The monoisotopic (exact) mass is 344 g/mol. The highest BCUT2D eigenvalue weighted by Crippen LogP contribution is 2.14. The van der Waals surface area contributed by atoms with Gasteiger partial charge in [0.25, 0.3) is 5.82 Å². The van der Waals surface area contributed by atoms with E-state index in [9.17, 15) is 9.59 Å². The Labute approximate surface area is 145 Å². The fourth-order valence-corrected chi connectivity index (χ4v) is 2.81. The maximum Gasteiger partial charge on any atom is 0.410 e. The molecule has 0 saturated heterocycles. The van der Waals surface area contributed by atoms with E-state index < -0.39 is 12.1 Å². The van der Waals surface area contributed by atoms with Gasteiger partial charge in [-0.1, -0.05) is 30.3 Å². The summed E-state index contributed by atoms with van der Waals surface area (Å²) in [6.45, 7) is 3.09. The summed E-state index contributed by atoms with van der Waals surface area (Å²) in [5.41, 5.74) is 1.10. The van der Waals surface area contributed by atoms with Gasteiger partial charge in [0.05, 0.1) is 6.54 Å². The van der Waals surface area contributed by atoms with Gasteiger partial charge in [0.1, 0.15) is 11.9 Å². The summed E-state index contributed by atoms with van der Waals surface area (Å²) in [4.78, 5) is 29.0. The molecule has 2 aromatic rings. The Morgan fingerprint density at radius 3 is 2.76 bits per heavy atom. The van der Waals surface area contributed by atoms with Gasteiger partial charge in [-0.3, -0.25) is 0 Å². The number of hydrogen-bond acceptors (Lipinski definition) is 5. The van der Waals surface area contributed by atoms with E-state index in [-0.39, 0.29) is 18.5 Å². The van der Waals surface area contributed by atoms with E-state index in [1.807, 2.05) is 37.3 Å². The van der Waals surface area contributed by atoms with Crippen LogP contribution in [0.2, 0.25) is 0 Å². The standard InChI is InChI=1S/C17H20N4O4/c1-12(10-13-6-3-2-4-7-13)25-17(24)20-8-5-9-21-14(11-20)18-15(19-21)16(22)23/h2-4,6-7,12H,5,8-11H2,1H3,(H,22,23). The predicted octanol–water partition coefficient (Wildman–Crippen LogP) is 1.95. The van der Waals surface area contributed by atoms with Gasteiger partial charge >= 0.3 is 12.1 Å². The number of nitrogens with zero attached hydrogens (tertiary/aromatic N) is 4. The maximum atomic E-state index is 12.4. The van der Waals surface area contributed by atoms with Crippen molar-refractivity contribution in [3.63, 3.8) is 0 Å². The summed E-state index contributed by atoms with van der Waals surface area (Å²) in [5, 5.41) is 12.9. The first-order valence-corrected chi connectivity index (χ1v) is 8.19. The van der Waals surface area contributed by atoms with E-state index in [4.69, 9.17) is 9.84 Å². The molecule has 0 bridgehead atoms. The number of benzene rings is 1. The van der Waals surface area contributed by atoms with Gasteiger partial charge in [0.2, 0.25) is 0 Å². The second-order valence-electron chi connectivity index (χ2n) is 6.04. The zero-order chi connectivity index (χ0) is 17.8. The minimum atomic E-state index is -1.17. The molecule has 132 valence electrons. The van der Waals surface area contributed by atoms with Crippen molar-refractivity contribution < 1.29 is 19.4 Å². The minimum absolute atomic E-state index is 0.192. The number of carboxylic acids is 1. The van der Waals surface area contributed by atoms with Crippen molar-refractivity contribution in [3.8, 4) is 0 Å². The molecule has 1 aromatic carbocycles. The van der Waals surface area contributed by atoms with Crippen LogP contribution in [-0.4, -0.2) is 49.5 Å². The topological polar surface area (TPSA) is 97.6 Å². The molecule has 1 aliphatic rings. The number of fused-ring (bicyclic) bond motifs is 1. The lowest BCUT2D eigenvalue weighted by Crippen LogP contribution is -2.34. The van der Waals surface area contributed by atoms with E-state index in [0.717, 1.165) is 5.56 Å². The molecule has 8 heteroatoms. The van der Waals surface area contributed by atoms with Crippen LogP contribution < -0.4 is 0 Å². The molecule has 2 heterocycles. The minimum Gasteiger partial charge on any atom is -0.475 e. The summed E-state index contributed by atoms with van der Waals surface area (Å²) >= 11 is 0. The van der Waals surface area contributed by atoms with Gasteiger partial charge in [0.15, 0.2) is 0 Å². The fourth-order valence-electron chi connectivity index (χ4n) is 2.81. The number of carbonyl (C=O) groups is 2. The van der Waals surface area contributed by atoms with Crippen molar-refractivity contribution >= 4 is 12.1 Å². The van der Waals surface area contributed by atoms with Crippen molar-refractivity contribution in [2.45, 2.75) is 39.0 Å². The SMILES string of the molecule is CC(Cc1ccccc1)OC(=O)N1CCCn2nc(C(=O)O)nc2C1. The van der Waals surface area contributed by atoms with Crippen LogP contribution in [-0.2, 0) is 24.2 Å². The molecule has 8 nitrogen and oxygen atoms in total. The third-order valence-corrected chi connectivity index (χ3v) is 4.00. The molecule has 0 spiro atoms. The third-order valence-electron chi connectivity index (χ3n) is 4.00. The molecule has 25 heavy (non-hydrogen) atoms. The molecule has 1 amide bonds. The smallest absolute Gasteiger partial charge is 0.410 e. The van der Waals surface area contributed by atoms with E-state index in [1.165, 1.54) is 0 Å². The molecule has 1 N–H and O–H groups in total. The number of carbonyl (C=O) groups excluding carboxylic acids is 1. The summed E-state index contributed by atoms with van der Waals surface area (Å²) in [7, 11) is 0. The molecule has 1 unspecified atom stereocenters. The molecular formula is C17H20N4O4. The van der Waals surface area contributed by atoms with E-state index in [2.05, 4.69) is 10.1 Å². The Morgan fingerprint density at radius 2 is 2.04 bits per heavy atom. The largest absolute Gasteiger partial charge is 0.475 e. The second kappa shape index (κ2) is 7.33. The van der Waals surface area contributed by atoms with Crippen molar-refractivity contribution in [3.05, 3.63) is 47.5 Å². The first-order valence-electron chi connectivity index (χ1n) is 8.19. The van der Waals surface area contributed by atoms with Gasteiger partial charge in [-0.15, -0.1) is 5.10 Å². The van der Waals surface area contributed by atoms with Gasteiger partial charge in [-0.2, -0.15) is 0 Å². The predicted molar refractivity (Wildman–Crippen MR) is 88.1 cm³/mol. The molecule has 1 aromatic heterocycles. The number of aromatic nitrogens is 3. The molecular weight excluding hydrogens is 324 g/mol. The number of aromatic carboxylic acids is 1. The summed E-state index contributed by atoms with van der Waals surface area (Å²) in [5.74, 6) is -0.962. The van der Waals surface area contributed by atoms with Crippen LogP contribution in [0.15, 0.2) is 30.3 Å². The highest BCUT2D eigenvalue weighted by atomic mass is 16.6. The summed E-state index contributed by atoms with van der Waals surface area (Å²) in [6, 6.07) is 9.83. The Morgan fingerprint density at radius 1 is 1.28 bits per heavy atom. The van der Waals surface area contributed by atoms with Crippen molar-refractivity contribution in [1.82, 2.24) is 19.7 Å². The zero-order valence-electron chi connectivity index (χ0n) is 14.0. The molecule has 0 fully saturated rings. The van der Waals surface area contributed by atoms with Crippen LogP contribution in [0, 0.1) is 0 Å². The first kappa shape index (κ1) is 16.9. The first-order chi connectivity index (χ1) is 12.0. The second-order valence-corrected chi connectivity index (χ2v) is 6.04. The van der Waals surface area contributed by atoms with Crippen molar-refractivity contribution in [1.29, 1.82) is 0 Å². The Hall–Kier alpha value is -2.90. The van der Waals surface area contributed by atoms with Gasteiger partial charge in [-0.25, -0.2) is 19.3 Å². The lowest BCUT2D eigenvalue weighted by molar-refractivity contribution is 0.0679. The van der Waals surface area contributed by atoms with E-state index >= 15 is 0 Å². The summed E-state index contributed by atoms with van der Waals surface area (Å²) < 4.78 is 7.08. The number of amides is 1. The Balaban J connectivity index is 1.62. The molecule has 0 aliphatic carbocycles. The lowest BCUT2D eigenvalue weighted by atomic mass is 10.1. The van der Waals surface area contributed by atoms with E-state index in [0.29, 0.717) is 31.8 Å².